The highest BCUT2D eigenvalue weighted by molar-refractivity contribution is 7.98. The Morgan fingerprint density at radius 2 is 2.00 bits per heavy atom. The molecule has 0 aliphatic carbocycles. The van der Waals surface area contributed by atoms with Gasteiger partial charge in [-0.15, -0.1) is 0 Å². The quantitative estimate of drug-likeness (QED) is 0.675. The number of para-hydroxylation sites is 1. The first-order valence-corrected chi connectivity index (χ1v) is 9.18. The summed E-state index contributed by atoms with van der Waals surface area (Å²) in [5.41, 5.74) is 3.14. The number of aromatic nitrogens is 3. The van der Waals surface area contributed by atoms with Gasteiger partial charge in [0.25, 0.3) is 0 Å². The molecule has 0 atom stereocenters. The van der Waals surface area contributed by atoms with E-state index in [1.54, 1.807) is 24.2 Å². The average Bonchev–Trinajstić information content (AvgIpc) is 3.09. The molecule has 0 radical (unpaired) electrons. The van der Waals surface area contributed by atoms with E-state index >= 15 is 0 Å². The van der Waals surface area contributed by atoms with Crippen LogP contribution in [0.5, 0.6) is 0 Å². The normalized spacial score (nSPS) is 10.6. The van der Waals surface area contributed by atoms with Gasteiger partial charge in [0.1, 0.15) is 5.82 Å². The molecule has 7 heteroatoms. The SMILES string of the molecule is CC(=O)Nc1ccc(-n2ccnc2SCc2ccccc2N(C)C)nc1. The highest BCUT2D eigenvalue weighted by Crippen LogP contribution is 2.28. The zero-order valence-corrected chi connectivity index (χ0v) is 15.8. The number of anilines is 2. The van der Waals surface area contributed by atoms with E-state index in [9.17, 15) is 4.79 Å². The van der Waals surface area contributed by atoms with Crippen molar-refractivity contribution in [2.75, 3.05) is 24.3 Å². The number of nitrogens with one attached hydrogen (secondary N) is 1. The van der Waals surface area contributed by atoms with Crippen molar-refractivity contribution in [1.82, 2.24) is 14.5 Å². The summed E-state index contributed by atoms with van der Waals surface area (Å²) in [4.78, 5) is 22.1. The van der Waals surface area contributed by atoms with E-state index in [1.807, 2.05) is 43.1 Å². The number of nitrogens with zero attached hydrogens (tertiary/aromatic N) is 4. The summed E-state index contributed by atoms with van der Waals surface area (Å²) < 4.78 is 1.94. The summed E-state index contributed by atoms with van der Waals surface area (Å²) in [6, 6.07) is 12.0. The van der Waals surface area contributed by atoms with Gasteiger partial charge in [0, 0.05) is 44.9 Å². The van der Waals surface area contributed by atoms with E-state index < -0.39 is 0 Å². The third-order valence-corrected chi connectivity index (χ3v) is 4.77. The lowest BCUT2D eigenvalue weighted by Crippen LogP contribution is -2.10. The molecule has 2 heterocycles. The maximum absolute atomic E-state index is 11.1. The van der Waals surface area contributed by atoms with E-state index in [-0.39, 0.29) is 5.91 Å². The molecule has 3 aromatic rings. The number of hydrogen-bond donors (Lipinski definition) is 1. The van der Waals surface area contributed by atoms with Crippen LogP contribution in [0.4, 0.5) is 11.4 Å². The number of carbonyl (C=O) groups excluding carboxylic acids is 1. The standard InChI is InChI=1S/C19H21N5OS/c1-14(25)22-16-8-9-18(21-12-16)24-11-10-20-19(24)26-13-15-6-4-5-7-17(15)23(2)3/h4-12H,13H2,1-3H3,(H,22,25). The fraction of sp³-hybridized carbons (Fsp3) is 0.211. The predicted molar refractivity (Wildman–Crippen MR) is 106 cm³/mol. The molecule has 1 amide bonds. The largest absolute Gasteiger partial charge is 0.377 e. The average molecular weight is 367 g/mol. The van der Waals surface area contributed by atoms with Gasteiger partial charge in [-0.3, -0.25) is 9.36 Å². The number of hydrogen-bond acceptors (Lipinski definition) is 5. The first-order valence-electron chi connectivity index (χ1n) is 8.20. The number of thioether (sulfide) groups is 1. The van der Waals surface area contributed by atoms with Gasteiger partial charge in [0.15, 0.2) is 5.16 Å². The molecule has 0 aliphatic heterocycles. The smallest absolute Gasteiger partial charge is 0.221 e. The zero-order valence-electron chi connectivity index (χ0n) is 15.0. The Morgan fingerprint density at radius 1 is 1.19 bits per heavy atom. The molecule has 3 rings (SSSR count). The van der Waals surface area contributed by atoms with Crippen LogP contribution in [-0.2, 0) is 10.5 Å². The molecule has 0 fully saturated rings. The number of benzene rings is 1. The second-order valence-electron chi connectivity index (χ2n) is 5.98. The van der Waals surface area contributed by atoms with Crippen molar-refractivity contribution in [1.29, 1.82) is 0 Å². The Balaban J connectivity index is 1.76. The second kappa shape index (κ2) is 8.05. The fourth-order valence-electron chi connectivity index (χ4n) is 2.59. The summed E-state index contributed by atoms with van der Waals surface area (Å²) in [5, 5.41) is 3.59. The highest BCUT2D eigenvalue weighted by Gasteiger charge is 2.10. The van der Waals surface area contributed by atoms with Crippen LogP contribution in [-0.4, -0.2) is 34.5 Å². The summed E-state index contributed by atoms with van der Waals surface area (Å²) in [7, 11) is 4.09. The zero-order chi connectivity index (χ0) is 18.5. The monoisotopic (exact) mass is 367 g/mol. The van der Waals surface area contributed by atoms with Crippen LogP contribution >= 0.6 is 11.8 Å². The first-order chi connectivity index (χ1) is 12.5. The van der Waals surface area contributed by atoms with E-state index in [0.717, 1.165) is 16.7 Å². The van der Waals surface area contributed by atoms with E-state index in [0.29, 0.717) is 5.69 Å². The predicted octanol–water partition coefficient (Wildman–Crippen LogP) is 3.58. The maximum Gasteiger partial charge on any atom is 0.221 e. The van der Waals surface area contributed by atoms with Crippen molar-refractivity contribution in [3.8, 4) is 5.82 Å². The second-order valence-corrected chi connectivity index (χ2v) is 6.92. The Bertz CT molecular complexity index is 889. The molecule has 1 N–H and O–H groups in total. The number of pyridine rings is 1. The lowest BCUT2D eigenvalue weighted by molar-refractivity contribution is -0.114. The number of amides is 1. The first kappa shape index (κ1) is 18.0. The molecule has 134 valence electrons. The van der Waals surface area contributed by atoms with Crippen LogP contribution in [0, 0.1) is 0 Å². The molecule has 0 unspecified atom stereocenters. The van der Waals surface area contributed by atoms with Crippen LogP contribution in [0.2, 0.25) is 0 Å². The van der Waals surface area contributed by atoms with Gasteiger partial charge < -0.3 is 10.2 Å². The van der Waals surface area contributed by atoms with Gasteiger partial charge in [0.05, 0.1) is 11.9 Å². The van der Waals surface area contributed by atoms with E-state index in [2.05, 4.69) is 38.4 Å². The van der Waals surface area contributed by atoms with E-state index in [4.69, 9.17) is 0 Å². The van der Waals surface area contributed by atoms with Gasteiger partial charge in [0.2, 0.25) is 5.91 Å². The van der Waals surface area contributed by atoms with Crippen LogP contribution < -0.4 is 10.2 Å². The molecule has 6 nitrogen and oxygen atoms in total. The van der Waals surface area contributed by atoms with Gasteiger partial charge in [-0.2, -0.15) is 0 Å². The Hall–Kier alpha value is -2.80. The van der Waals surface area contributed by atoms with Gasteiger partial charge >= 0.3 is 0 Å². The summed E-state index contributed by atoms with van der Waals surface area (Å²) in [6.45, 7) is 1.48. The van der Waals surface area contributed by atoms with Crippen molar-refractivity contribution in [2.45, 2.75) is 17.8 Å². The van der Waals surface area contributed by atoms with Crippen LogP contribution in [0.3, 0.4) is 0 Å². The molecule has 26 heavy (non-hydrogen) atoms. The van der Waals surface area contributed by atoms with Crippen molar-refractivity contribution >= 4 is 29.0 Å². The highest BCUT2D eigenvalue weighted by atomic mass is 32.2. The molecule has 0 bridgehead atoms. The van der Waals surface area contributed by atoms with Crippen molar-refractivity contribution in [3.63, 3.8) is 0 Å². The fourth-order valence-corrected chi connectivity index (χ4v) is 3.55. The minimum atomic E-state index is -0.113. The Kier molecular flexibility index (Phi) is 5.58. The molecule has 1 aromatic carbocycles. The van der Waals surface area contributed by atoms with Gasteiger partial charge in [-0.1, -0.05) is 30.0 Å². The number of imidazole rings is 1. The topological polar surface area (TPSA) is 63.1 Å². The number of rotatable bonds is 6. The molecular formula is C19H21N5OS. The van der Waals surface area contributed by atoms with Crippen LogP contribution in [0.15, 0.2) is 60.1 Å². The van der Waals surface area contributed by atoms with Gasteiger partial charge in [-0.25, -0.2) is 9.97 Å². The third-order valence-electron chi connectivity index (χ3n) is 3.75. The van der Waals surface area contributed by atoms with E-state index in [1.165, 1.54) is 18.2 Å². The van der Waals surface area contributed by atoms with Crippen molar-refractivity contribution in [3.05, 3.63) is 60.6 Å². The minimum Gasteiger partial charge on any atom is -0.377 e. The minimum absolute atomic E-state index is 0.113. The van der Waals surface area contributed by atoms with Gasteiger partial charge in [-0.05, 0) is 23.8 Å². The molecule has 0 spiro atoms. The third kappa shape index (κ3) is 4.23. The number of carbonyl (C=O) groups is 1. The van der Waals surface area contributed by atoms with Crippen LogP contribution in [0.1, 0.15) is 12.5 Å². The molecule has 0 saturated carbocycles. The summed E-state index contributed by atoms with van der Waals surface area (Å²) in [6.07, 6.45) is 5.30. The Morgan fingerprint density at radius 3 is 2.69 bits per heavy atom. The Labute approximate surface area is 157 Å². The lowest BCUT2D eigenvalue weighted by atomic mass is 10.2. The molecule has 0 saturated heterocycles. The van der Waals surface area contributed by atoms with Crippen molar-refractivity contribution in [2.24, 2.45) is 0 Å². The lowest BCUT2D eigenvalue weighted by Gasteiger charge is -2.17. The summed E-state index contributed by atoms with van der Waals surface area (Å²) in [5.74, 6) is 1.47. The van der Waals surface area contributed by atoms with Crippen LogP contribution in [0.25, 0.3) is 5.82 Å². The molecular weight excluding hydrogens is 346 g/mol. The maximum atomic E-state index is 11.1. The molecule has 2 aromatic heterocycles. The summed E-state index contributed by atoms with van der Waals surface area (Å²) >= 11 is 1.66. The molecule has 0 aliphatic rings. The van der Waals surface area contributed by atoms with Crippen molar-refractivity contribution < 1.29 is 4.79 Å².